The number of rotatable bonds is 6. The van der Waals surface area contributed by atoms with E-state index in [0.717, 1.165) is 6.42 Å². The summed E-state index contributed by atoms with van der Waals surface area (Å²) < 4.78 is 18.7. The fourth-order valence-corrected chi connectivity index (χ4v) is 2.70. The molecule has 0 aliphatic heterocycles. The Balaban J connectivity index is 1.78. The zero-order chi connectivity index (χ0) is 15.5. The summed E-state index contributed by atoms with van der Waals surface area (Å²) >= 11 is 0. The molecule has 2 N–H and O–H groups in total. The van der Waals surface area contributed by atoms with Gasteiger partial charge in [-0.25, -0.2) is 4.39 Å². The normalized spacial score (nSPS) is 23.4. The van der Waals surface area contributed by atoms with Crippen molar-refractivity contribution in [1.29, 1.82) is 0 Å². The van der Waals surface area contributed by atoms with Crippen LogP contribution in [0.2, 0.25) is 0 Å². The van der Waals surface area contributed by atoms with Crippen molar-refractivity contribution < 1.29 is 13.9 Å². The van der Waals surface area contributed by atoms with Crippen LogP contribution in [0.25, 0.3) is 0 Å². The van der Waals surface area contributed by atoms with Crippen LogP contribution in [0.5, 0.6) is 0 Å². The number of hydrogen-bond acceptors (Lipinski definition) is 3. The standard InChI is InChI=1S/C16H23FN2O2/c1-4-21-14-9-13(16(14,2)3)18-10-15(20)19-12-7-5-6-11(17)8-12/h5-8,13-14,18H,4,9-10H2,1-3H3,(H,19,20). The van der Waals surface area contributed by atoms with Crippen molar-refractivity contribution in [2.75, 3.05) is 18.5 Å². The largest absolute Gasteiger partial charge is 0.378 e. The quantitative estimate of drug-likeness (QED) is 0.848. The lowest BCUT2D eigenvalue weighted by Crippen LogP contribution is -2.61. The van der Waals surface area contributed by atoms with Crippen molar-refractivity contribution in [2.24, 2.45) is 5.41 Å². The molecule has 1 aliphatic rings. The second-order valence-electron chi connectivity index (χ2n) is 5.99. The number of halogens is 1. The molecular weight excluding hydrogens is 271 g/mol. The summed E-state index contributed by atoms with van der Waals surface area (Å²) in [4.78, 5) is 11.9. The summed E-state index contributed by atoms with van der Waals surface area (Å²) in [5.41, 5.74) is 0.497. The fourth-order valence-electron chi connectivity index (χ4n) is 2.70. The molecule has 5 heteroatoms. The molecule has 1 aliphatic carbocycles. The van der Waals surface area contributed by atoms with Gasteiger partial charge in [-0.1, -0.05) is 19.9 Å². The first-order valence-electron chi connectivity index (χ1n) is 7.34. The predicted molar refractivity (Wildman–Crippen MR) is 80.6 cm³/mol. The number of amides is 1. The number of ether oxygens (including phenoxy) is 1. The Morgan fingerprint density at radius 3 is 2.86 bits per heavy atom. The van der Waals surface area contributed by atoms with Crippen LogP contribution in [0.15, 0.2) is 24.3 Å². The van der Waals surface area contributed by atoms with E-state index in [1.54, 1.807) is 12.1 Å². The van der Waals surface area contributed by atoms with Crippen LogP contribution in [-0.2, 0) is 9.53 Å². The Labute approximate surface area is 125 Å². The molecule has 1 fully saturated rings. The van der Waals surface area contributed by atoms with Gasteiger partial charge in [0.25, 0.3) is 0 Å². The van der Waals surface area contributed by atoms with Crippen molar-refractivity contribution >= 4 is 11.6 Å². The van der Waals surface area contributed by atoms with Gasteiger partial charge in [0.05, 0.1) is 12.6 Å². The van der Waals surface area contributed by atoms with Crippen LogP contribution in [0.1, 0.15) is 27.2 Å². The number of carbonyl (C=O) groups is 1. The van der Waals surface area contributed by atoms with E-state index in [1.807, 2.05) is 6.92 Å². The monoisotopic (exact) mass is 294 g/mol. The van der Waals surface area contributed by atoms with Crippen LogP contribution in [0.3, 0.4) is 0 Å². The second-order valence-corrected chi connectivity index (χ2v) is 5.99. The van der Waals surface area contributed by atoms with Crippen molar-refractivity contribution in [2.45, 2.75) is 39.3 Å². The van der Waals surface area contributed by atoms with Gasteiger partial charge in [0.1, 0.15) is 5.82 Å². The van der Waals surface area contributed by atoms with Crippen LogP contribution in [0.4, 0.5) is 10.1 Å². The molecule has 0 bridgehead atoms. The summed E-state index contributed by atoms with van der Waals surface area (Å²) in [6.45, 7) is 7.19. The van der Waals surface area contributed by atoms with Gasteiger partial charge in [-0.2, -0.15) is 0 Å². The van der Waals surface area contributed by atoms with E-state index >= 15 is 0 Å². The Morgan fingerprint density at radius 1 is 1.48 bits per heavy atom. The lowest BCUT2D eigenvalue weighted by atomic mass is 9.64. The van der Waals surface area contributed by atoms with E-state index in [4.69, 9.17) is 4.74 Å². The molecule has 1 amide bonds. The molecule has 0 aromatic heterocycles. The zero-order valence-corrected chi connectivity index (χ0v) is 12.8. The van der Waals surface area contributed by atoms with E-state index in [0.29, 0.717) is 12.3 Å². The number of benzene rings is 1. The maximum absolute atomic E-state index is 13.0. The first kappa shape index (κ1) is 15.9. The maximum atomic E-state index is 13.0. The minimum atomic E-state index is -0.361. The molecule has 116 valence electrons. The Kier molecular flexibility index (Phi) is 4.96. The highest BCUT2D eigenvalue weighted by Crippen LogP contribution is 2.42. The first-order valence-corrected chi connectivity index (χ1v) is 7.34. The SMILES string of the molecule is CCOC1CC(NCC(=O)Nc2cccc(F)c2)C1(C)C. The molecule has 0 spiro atoms. The molecule has 0 radical (unpaired) electrons. The highest BCUT2D eigenvalue weighted by Gasteiger charge is 2.48. The fraction of sp³-hybridized carbons (Fsp3) is 0.562. The third-order valence-corrected chi connectivity index (χ3v) is 4.16. The summed E-state index contributed by atoms with van der Waals surface area (Å²) in [5, 5.41) is 5.92. The minimum absolute atomic E-state index is 0.0230. The highest BCUT2D eigenvalue weighted by molar-refractivity contribution is 5.92. The van der Waals surface area contributed by atoms with Crippen molar-refractivity contribution in [1.82, 2.24) is 5.32 Å². The third-order valence-electron chi connectivity index (χ3n) is 4.16. The molecular formula is C16H23FN2O2. The third kappa shape index (κ3) is 3.80. The summed E-state index contributed by atoms with van der Waals surface area (Å²) in [6, 6.07) is 6.14. The van der Waals surface area contributed by atoms with E-state index in [9.17, 15) is 9.18 Å². The van der Waals surface area contributed by atoms with Gasteiger partial charge in [0.15, 0.2) is 0 Å². The van der Waals surface area contributed by atoms with E-state index in [-0.39, 0.29) is 35.8 Å². The molecule has 1 aromatic carbocycles. The number of anilines is 1. The predicted octanol–water partition coefficient (Wildman–Crippen LogP) is 2.56. The Bertz CT molecular complexity index is 505. The smallest absolute Gasteiger partial charge is 0.238 e. The maximum Gasteiger partial charge on any atom is 0.238 e. The summed E-state index contributed by atoms with van der Waals surface area (Å²) in [5.74, 6) is -0.531. The van der Waals surface area contributed by atoms with Crippen molar-refractivity contribution in [3.8, 4) is 0 Å². The Hall–Kier alpha value is -1.46. The van der Waals surface area contributed by atoms with Crippen LogP contribution in [-0.4, -0.2) is 31.2 Å². The van der Waals surface area contributed by atoms with Crippen LogP contribution < -0.4 is 10.6 Å². The molecule has 2 atom stereocenters. The molecule has 0 heterocycles. The number of carbonyl (C=O) groups excluding carboxylic acids is 1. The lowest BCUT2D eigenvalue weighted by molar-refractivity contribution is -0.123. The summed E-state index contributed by atoms with van der Waals surface area (Å²) in [7, 11) is 0. The van der Waals surface area contributed by atoms with Crippen molar-refractivity contribution in [3.05, 3.63) is 30.1 Å². The average molecular weight is 294 g/mol. The molecule has 1 aromatic rings. The molecule has 21 heavy (non-hydrogen) atoms. The minimum Gasteiger partial charge on any atom is -0.378 e. The van der Waals surface area contributed by atoms with E-state index in [2.05, 4.69) is 24.5 Å². The Morgan fingerprint density at radius 2 is 2.24 bits per heavy atom. The molecule has 2 unspecified atom stereocenters. The zero-order valence-electron chi connectivity index (χ0n) is 12.8. The van der Waals surface area contributed by atoms with Gasteiger partial charge in [-0.3, -0.25) is 4.79 Å². The van der Waals surface area contributed by atoms with Gasteiger partial charge >= 0.3 is 0 Å². The van der Waals surface area contributed by atoms with Gasteiger partial charge < -0.3 is 15.4 Å². The number of hydrogen-bond donors (Lipinski definition) is 2. The van der Waals surface area contributed by atoms with E-state index < -0.39 is 0 Å². The average Bonchev–Trinajstić information content (AvgIpc) is 2.42. The summed E-state index contributed by atoms with van der Waals surface area (Å²) in [6.07, 6.45) is 1.15. The van der Waals surface area contributed by atoms with Crippen molar-refractivity contribution in [3.63, 3.8) is 0 Å². The van der Waals surface area contributed by atoms with Gasteiger partial charge in [-0.15, -0.1) is 0 Å². The number of nitrogens with one attached hydrogen (secondary N) is 2. The topological polar surface area (TPSA) is 50.4 Å². The second kappa shape index (κ2) is 6.54. The van der Waals surface area contributed by atoms with Crippen LogP contribution >= 0.6 is 0 Å². The first-order chi connectivity index (χ1) is 9.93. The highest BCUT2D eigenvalue weighted by atomic mass is 19.1. The van der Waals surface area contributed by atoms with E-state index in [1.165, 1.54) is 12.1 Å². The molecule has 2 rings (SSSR count). The van der Waals surface area contributed by atoms with Gasteiger partial charge in [0, 0.05) is 23.8 Å². The molecule has 0 saturated heterocycles. The molecule has 4 nitrogen and oxygen atoms in total. The van der Waals surface area contributed by atoms with Crippen LogP contribution in [0, 0.1) is 11.2 Å². The van der Waals surface area contributed by atoms with Gasteiger partial charge in [-0.05, 0) is 31.5 Å². The molecule has 1 saturated carbocycles. The lowest BCUT2D eigenvalue weighted by Gasteiger charge is -2.51. The van der Waals surface area contributed by atoms with Gasteiger partial charge in [0.2, 0.25) is 5.91 Å².